The molecule has 0 rings (SSSR count). The first-order valence-electron chi connectivity index (χ1n) is 19.9. The SMILES string of the molecule is CC/C=C\C(O)C/C=C/C=C\C/C=C\C/C=C\CCCC(=O)O[C@H](COC(=O)CCCCCCCCCCC(C)C)COP(=O)(O)OC[C@@H](O)COP(=O)(O)O. The van der Waals surface area contributed by atoms with Gasteiger partial charge in [0, 0.05) is 12.8 Å². The molecule has 0 radical (unpaired) electrons. The zero-order valence-corrected chi connectivity index (χ0v) is 35.5. The van der Waals surface area contributed by atoms with E-state index in [2.05, 4.69) is 22.9 Å². The number of aliphatic hydroxyl groups excluding tert-OH is 2. The van der Waals surface area contributed by atoms with Crippen LogP contribution in [0.4, 0.5) is 0 Å². The van der Waals surface area contributed by atoms with E-state index in [1.807, 2.05) is 61.6 Å². The lowest BCUT2D eigenvalue weighted by atomic mass is 10.0. The summed E-state index contributed by atoms with van der Waals surface area (Å²) in [5.74, 6) is -0.396. The van der Waals surface area contributed by atoms with Crippen molar-refractivity contribution in [3.05, 3.63) is 60.8 Å². The molecule has 0 fully saturated rings. The minimum atomic E-state index is -4.87. The van der Waals surface area contributed by atoms with Crippen LogP contribution in [0.2, 0.25) is 0 Å². The quantitative estimate of drug-likeness (QED) is 0.0132. The molecule has 0 aromatic carbocycles. The zero-order chi connectivity index (χ0) is 41.9. The van der Waals surface area contributed by atoms with E-state index in [1.165, 1.54) is 32.1 Å². The van der Waals surface area contributed by atoms with E-state index in [0.29, 0.717) is 25.7 Å². The Kier molecular flexibility index (Phi) is 33.4. The van der Waals surface area contributed by atoms with Crippen LogP contribution in [0.15, 0.2) is 60.8 Å². The summed E-state index contributed by atoms with van der Waals surface area (Å²) in [7, 11) is -9.70. The van der Waals surface area contributed by atoms with Crippen LogP contribution in [0.1, 0.15) is 130 Å². The Bertz CT molecular complexity index is 1260. The van der Waals surface area contributed by atoms with Gasteiger partial charge < -0.3 is 34.4 Å². The maximum atomic E-state index is 12.6. The van der Waals surface area contributed by atoms with Gasteiger partial charge in [-0.25, -0.2) is 9.13 Å². The lowest BCUT2D eigenvalue weighted by Gasteiger charge is -2.20. The molecular weight excluding hydrogens is 766 g/mol. The summed E-state index contributed by atoms with van der Waals surface area (Å²) in [4.78, 5) is 52.5. The Morgan fingerprint density at radius 2 is 1.21 bits per heavy atom. The smallest absolute Gasteiger partial charge is 0.462 e. The number of rotatable bonds is 36. The maximum Gasteiger partial charge on any atom is 0.472 e. The molecule has 0 aromatic rings. The summed E-state index contributed by atoms with van der Waals surface area (Å²) in [5, 5.41) is 19.5. The largest absolute Gasteiger partial charge is 0.472 e. The van der Waals surface area contributed by atoms with Gasteiger partial charge in [-0.2, -0.15) is 0 Å². The van der Waals surface area contributed by atoms with Gasteiger partial charge in [0.05, 0.1) is 25.9 Å². The third kappa shape index (κ3) is 38.6. The minimum absolute atomic E-state index is 0.0334. The third-order valence-electron chi connectivity index (χ3n) is 7.91. The summed E-state index contributed by atoms with van der Waals surface area (Å²) >= 11 is 0. The second kappa shape index (κ2) is 34.8. The number of unbranched alkanes of at least 4 members (excludes halogenated alkanes) is 8. The van der Waals surface area contributed by atoms with Gasteiger partial charge in [-0.3, -0.25) is 23.2 Å². The number of carbonyl (C=O) groups is 2. The molecule has 324 valence electrons. The van der Waals surface area contributed by atoms with Crippen molar-refractivity contribution in [2.75, 3.05) is 26.4 Å². The summed E-state index contributed by atoms with van der Waals surface area (Å²) in [5.41, 5.74) is 0. The van der Waals surface area contributed by atoms with Crippen molar-refractivity contribution in [3.8, 4) is 0 Å². The van der Waals surface area contributed by atoms with Crippen LogP contribution in [0.25, 0.3) is 0 Å². The number of phosphoric acid groups is 2. The molecule has 0 aliphatic heterocycles. The number of carbonyl (C=O) groups excluding carboxylic acids is 2. The molecule has 0 heterocycles. The molecule has 0 amide bonds. The van der Waals surface area contributed by atoms with Crippen molar-refractivity contribution in [2.45, 2.75) is 148 Å². The molecular formula is C40H70O14P2. The van der Waals surface area contributed by atoms with Gasteiger partial charge in [-0.15, -0.1) is 0 Å². The van der Waals surface area contributed by atoms with Crippen molar-refractivity contribution >= 4 is 27.6 Å². The first kappa shape index (κ1) is 53.8. The predicted octanol–water partition coefficient (Wildman–Crippen LogP) is 8.49. The molecule has 4 atom stereocenters. The van der Waals surface area contributed by atoms with Gasteiger partial charge in [-0.05, 0) is 50.9 Å². The highest BCUT2D eigenvalue weighted by Gasteiger charge is 2.28. The van der Waals surface area contributed by atoms with E-state index in [0.717, 1.165) is 44.4 Å². The molecule has 14 nitrogen and oxygen atoms in total. The molecule has 0 aromatic heterocycles. The highest BCUT2D eigenvalue weighted by atomic mass is 31.2. The Hall–Kier alpha value is -2.22. The van der Waals surface area contributed by atoms with Gasteiger partial charge >= 0.3 is 27.6 Å². The Morgan fingerprint density at radius 3 is 1.88 bits per heavy atom. The molecule has 0 saturated carbocycles. The molecule has 0 bridgehead atoms. The van der Waals surface area contributed by atoms with E-state index in [-0.39, 0.29) is 12.8 Å². The fourth-order valence-corrected chi connectivity index (χ4v) is 6.04. The van der Waals surface area contributed by atoms with E-state index >= 15 is 0 Å². The monoisotopic (exact) mass is 836 g/mol. The average Bonchev–Trinajstić information content (AvgIpc) is 3.13. The highest BCUT2D eigenvalue weighted by Crippen LogP contribution is 2.43. The Balaban J connectivity index is 4.71. The molecule has 0 aliphatic carbocycles. The molecule has 0 spiro atoms. The van der Waals surface area contributed by atoms with Crippen LogP contribution in [0.3, 0.4) is 0 Å². The van der Waals surface area contributed by atoms with Gasteiger partial charge in [0.2, 0.25) is 0 Å². The summed E-state index contributed by atoms with van der Waals surface area (Å²) in [6.07, 6.45) is 30.2. The van der Waals surface area contributed by atoms with Gasteiger partial charge in [0.1, 0.15) is 12.7 Å². The molecule has 16 heteroatoms. The summed E-state index contributed by atoms with van der Waals surface area (Å²) in [6.45, 7) is 3.67. The molecule has 56 heavy (non-hydrogen) atoms. The second-order valence-corrected chi connectivity index (χ2v) is 16.6. The Morgan fingerprint density at radius 1 is 0.643 bits per heavy atom. The van der Waals surface area contributed by atoms with Crippen molar-refractivity contribution < 1.29 is 66.7 Å². The second-order valence-electron chi connectivity index (χ2n) is 13.9. The van der Waals surface area contributed by atoms with Crippen LogP contribution in [-0.4, -0.2) is 81.6 Å². The highest BCUT2D eigenvalue weighted by molar-refractivity contribution is 7.47. The predicted molar refractivity (Wildman–Crippen MR) is 217 cm³/mol. The van der Waals surface area contributed by atoms with Gasteiger partial charge in [0.15, 0.2) is 6.10 Å². The standard InChI is InChI=1S/C40H70O14P2/c1-4-5-27-36(41)28-23-19-15-10-8-6-7-9-11-17-21-25-30-40(44)54-38(34-53-56(48,49)52-32-37(42)31-51-55(45,46)47)33-50-39(43)29-24-20-16-13-12-14-18-22-26-35(2)3/h5-7,10-11,15,17,19,23,27,35-38,41-42H,4,8-9,12-14,16,18,20-22,24-26,28-34H2,1-3H3,(H,48,49)(H2,45,46,47)/b7-6-,15-10-,17-11-,23-19+,27-5-/t36?,37-,38+/m0/s1. The van der Waals surface area contributed by atoms with E-state index in [4.69, 9.17) is 23.8 Å². The number of hydrogen-bond donors (Lipinski definition) is 5. The van der Waals surface area contributed by atoms with Gasteiger partial charge in [0.25, 0.3) is 0 Å². The number of aliphatic hydroxyl groups is 2. The van der Waals surface area contributed by atoms with Crippen molar-refractivity contribution in [1.29, 1.82) is 0 Å². The van der Waals surface area contributed by atoms with Gasteiger partial charge in [-0.1, -0.05) is 133 Å². The molecule has 0 aliphatic rings. The van der Waals surface area contributed by atoms with Crippen molar-refractivity contribution in [3.63, 3.8) is 0 Å². The number of phosphoric ester groups is 2. The fraction of sp³-hybridized carbons (Fsp3) is 0.700. The lowest BCUT2D eigenvalue weighted by molar-refractivity contribution is -0.161. The van der Waals surface area contributed by atoms with Crippen LogP contribution < -0.4 is 0 Å². The van der Waals surface area contributed by atoms with E-state index in [1.54, 1.807) is 6.08 Å². The van der Waals surface area contributed by atoms with Crippen LogP contribution in [0.5, 0.6) is 0 Å². The lowest BCUT2D eigenvalue weighted by Crippen LogP contribution is -2.29. The number of hydrogen-bond acceptors (Lipinski definition) is 11. The minimum Gasteiger partial charge on any atom is -0.462 e. The normalized spacial score (nSPS) is 15.4. The van der Waals surface area contributed by atoms with Crippen LogP contribution >= 0.6 is 15.6 Å². The average molecular weight is 837 g/mol. The molecule has 5 N–H and O–H groups in total. The zero-order valence-electron chi connectivity index (χ0n) is 33.7. The van der Waals surface area contributed by atoms with Crippen molar-refractivity contribution in [2.24, 2.45) is 5.92 Å². The van der Waals surface area contributed by atoms with E-state index < -0.39 is 72.3 Å². The fourth-order valence-electron chi connectivity index (χ4n) is 4.88. The van der Waals surface area contributed by atoms with Crippen LogP contribution in [-0.2, 0) is 41.8 Å². The first-order chi connectivity index (χ1) is 26.6. The summed E-state index contributed by atoms with van der Waals surface area (Å²) in [6, 6.07) is 0. The topological polar surface area (TPSA) is 216 Å². The van der Waals surface area contributed by atoms with Crippen LogP contribution in [0, 0.1) is 5.92 Å². The molecule has 2 unspecified atom stereocenters. The number of allylic oxidation sites excluding steroid dienone is 8. The first-order valence-corrected chi connectivity index (χ1v) is 23.0. The summed E-state index contributed by atoms with van der Waals surface area (Å²) < 4.78 is 47.5. The maximum absolute atomic E-state index is 12.6. The van der Waals surface area contributed by atoms with Crippen molar-refractivity contribution in [1.82, 2.24) is 0 Å². The number of esters is 2. The number of ether oxygens (including phenoxy) is 2. The third-order valence-corrected chi connectivity index (χ3v) is 9.35. The van der Waals surface area contributed by atoms with E-state index in [9.17, 15) is 33.8 Å². The Labute approximate surface area is 334 Å². The molecule has 0 saturated heterocycles.